The Hall–Kier alpha value is -2.44. The Morgan fingerprint density at radius 2 is 1.88 bits per heavy atom. The Morgan fingerprint density at radius 1 is 1.20 bits per heavy atom. The summed E-state index contributed by atoms with van der Waals surface area (Å²) in [5.74, 6) is 1.42. The lowest BCUT2D eigenvalue weighted by Gasteiger charge is -2.18. The largest absolute Gasteiger partial charge is 0.493 e. The number of methoxy groups -OCH3 is 3. The lowest BCUT2D eigenvalue weighted by Crippen LogP contribution is -2.36. The van der Waals surface area contributed by atoms with Gasteiger partial charge in [0.25, 0.3) is 0 Å². The Labute approximate surface area is 147 Å². The summed E-state index contributed by atoms with van der Waals surface area (Å²) in [4.78, 5) is 24.4. The van der Waals surface area contributed by atoms with Gasteiger partial charge in [0.15, 0.2) is 11.5 Å². The number of nitrogens with zero attached hydrogens (tertiary/aromatic N) is 1. The molecule has 1 unspecified atom stereocenters. The molecule has 1 aromatic rings. The molecule has 0 spiro atoms. The maximum absolute atomic E-state index is 12.0. The fourth-order valence-electron chi connectivity index (χ4n) is 2.99. The van der Waals surface area contributed by atoms with Gasteiger partial charge in [-0.15, -0.1) is 0 Å². The van der Waals surface area contributed by atoms with E-state index in [0.29, 0.717) is 49.7 Å². The molecule has 2 rings (SSSR count). The number of likely N-dealkylation sites (tertiary alicyclic amines) is 1. The van der Waals surface area contributed by atoms with Crippen LogP contribution in [0, 0.1) is 0 Å². The van der Waals surface area contributed by atoms with Crippen molar-refractivity contribution in [3.63, 3.8) is 0 Å². The molecule has 0 N–H and O–H groups in total. The molecule has 0 aliphatic carbocycles. The molecule has 1 aliphatic rings. The second-order valence-corrected chi connectivity index (χ2v) is 5.81. The van der Waals surface area contributed by atoms with Crippen molar-refractivity contribution in [1.29, 1.82) is 0 Å². The van der Waals surface area contributed by atoms with Crippen molar-refractivity contribution in [3.05, 3.63) is 17.7 Å². The van der Waals surface area contributed by atoms with E-state index in [9.17, 15) is 9.59 Å². The summed E-state index contributed by atoms with van der Waals surface area (Å²) < 4.78 is 21.3. The molecule has 25 heavy (non-hydrogen) atoms. The fraction of sp³-hybridized carbons (Fsp3) is 0.556. The first kappa shape index (κ1) is 18.9. The van der Waals surface area contributed by atoms with Gasteiger partial charge in [0.1, 0.15) is 6.04 Å². The molecule has 1 fully saturated rings. The first-order valence-electron chi connectivity index (χ1n) is 8.31. The van der Waals surface area contributed by atoms with Crippen molar-refractivity contribution >= 4 is 12.4 Å². The highest BCUT2D eigenvalue weighted by molar-refractivity contribution is 5.78. The summed E-state index contributed by atoms with van der Waals surface area (Å²) >= 11 is 0. The summed E-state index contributed by atoms with van der Waals surface area (Å²) in [6.45, 7) is 0.924. The summed E-state index contributed by atoms with van der Waals surface area (Å²) in [7, 11) is 4.71. The molecule has 1 saturated heterocycles. The zero-order valence-corrected chi connectivity index (χ0v) is 14.9. The first-order valence-corrected chi connectivity index (χ1v) is 8.31. The molecule has 1 atom stereocenters. The van der Waals surface area contributed by atoms with E-state index in [-0.39, 0.29) is 5.97 Å². The highest BCUT2D eigenvalue weighted by Gasteiger charge is 2.30. The minimum absolute atomic E-state index is 0.304. The highest BCUT2D eigenvalue weighted by atomic mass is 16.5. The number of carbonyl (C=O) groups excluding carboxylic acids is 2. The van der Waals surface area contributed by atoms with Crippen LogP contribution in [0.3, 0.4) is 0 Å². The number of rotatable bonds is 9. The molecule has 0 bridgehead atoms. The second-order valence-electron chi connectivity index (χ2n) is 5.81. The minimum Gasteiger partial charge on any atom is -0.493 e. The average Bonchev–Trinajstić information content (AvgIpc) is 3.12. The third kappa shape index (κ3) is 4.55. The lowest BCUT2D eigenvalue weighted by molar-refractivity contribution is -0.150. The van der Waals surface area contributed by atoms with Crippen molar-refractivity contribution in [1.82, 2.24) is 4.90 Å². The third-order valence-electron chi connectivity index (χ3n) is 4.28. The van der Waals surface area contributed by atoms with E-state index < -0.39 is 6.04 Å². The maximum atomic E-state index is 12.0. The molecule has 0 saturated carbocycles. The number of benzene rings is 1. The van der Waals surface area contributed by atoms with E-state index in [1.165, 1.54) is 4.90 Å². The van der Waals surface area contributed by atoms with Crippen LogP contribution in [0.1, 0.15) is 24.8 Å². The Balaban J connectivity index is 1.87. The average molecular weight is 351 g/mol. The lowest BCUT2D eigenvalue weighted by atomic mass is 10.1. The molecular formula is C18H25NO6. The molecule has 1 heterocycles. The number of amides is 1. The quantitative estimate of drug-likeness (QED) is 0.384. The number of ether oxygens (including phenoxy) is 4. The van der Waals surface area contributed by atoms with Crippen molar-refractivity contribution in [3.8, 4) is 17.2 Å². The van der Waals surface area contributed by atoms with E-state index in [4.69, 9.17) is 18.9 Å². The van der Waals surface area contributed by atoms with Crippen molar-refractivity contribution in [2.45, 2.75) is 31.7 Å². The van der Waals surface area contributed by atoms with Crippen LogP contribution >= 0.6 is 0 Å². The van der Waals surface area contributed by atoms with Crippen LogP contribution in [-0.4, -0.2) is 57.8 Å². The first-order chi connectivity index (χ1) is 12.1. The van der Waals surface area contributed by atoms with Gasteiger partial charge >= 0.3 is 5.97 Å². The van der Waals surface area contributed by atoms with Gasteiger partial charge in [0.2, 0.25) is 12.2 Å². The Bertz CT molecular complexity index is 578. The van der Waals surface area contributed by atoms with Crippen molar-refractivity contribution in [2.75, 3.05) is 34.5 Å². The molecule has 0 radical (unpaired) electrons. The van der Waals surface area contributed by atoms with Gasteiger partial charge in [0, 0.05) is 6.54 Å². The number of hydrogen-bond donors (Lipinski definition) is 0. The summed E-state index contributed by atoms with van der Waals surface area (Å²) in [6, 6.07) is 3.33. The molecular weight excluding hydrogens is 326 g/mol. The van der Waals surface area contributed by atoms with Crippen LogP contribution in [0.5, 0.6) is 17.2 Å². The zero-order valence-electron chi connectivity index (χ0n) is 14.9. The van der Waals surface area contributed by atoms with Crippen LogP contribution in [0.25, 0.3) is 0 Å². The molecule has 7 nitrogen and oxygen atoms in total. The maximum Gasteiger partial charge on any atom is 0.328 e. The van der Waals surface area contributed by atoms with Crippen LogP contribution < -0.4 is 14.2 Å². The number of carbonyl (C=O) groups is 2. The van der Waals surface area contributed by atoms with E-state index in [2.05, 4.69) is 0 Å². The molecule has 1 amide bonds. The van der Waals surface area contributed by atoms with Crippen LogP contribution in [0.4, 0.5) is 0 Å². The van der Waals surface area contributed by atoms with E-state index >= 15 is 0 Å². The smallest absolute Gasteiger partial charge is 0.328 e. The highest BCUT2D eigenvalue weighted by Crippen LogP contribution is 2.38. The van der Waals surface area contributed by atoms with Gasteiger partial charge < -0.3 is 23.8 Å². The fourth-order valence-corrected chi connectivity index (χ4v) is 2.99. The molecule has 1 aliphatic heterocycles. The van der Waals surface area contributed by atoms with Gasteiger partial charge in [-0.2, -0.15) is 0 Å². The molecule has 1 aromatic carbocycles. The van der Waals surface area contributed by atoms with Gasteiger partial charge in [-0.05, 0) is 43.4 Å². The molecule has 0 aromatic heterocycles. The topological polar surface area (TPSA) is 74.3 Å². The molecule has 138 valence electrons. The Morgan fingerprint density at radius 3 is 2.44 bits per heavy atom. The number of hydrogen-bond acceptors (Lipinski definition) is 6. The van der Waals surface area contributed by atoms with Crippen LogP contribution in [0.15, 0.2) is 12.1 Å². The van der Waals surface area contributed by atoms with Gasteiger partial charge in [-0.25, -0.2) is 4.79 Å². The predicted octanol–water partition coefficient (Wildman–Crippen LogP) is 1.81. The zero-order chi connectivity index (χ0) is 18.2. The predicted molar refractivity (Wildman–Crippen MR) is 91.2 cm³/mol. The standard InChI is InChI=1S/C18H25NO6/c1-22-15-10-13(11-16(23-2)17(15)24-3)6-5-9-25-18(21)14-7-4-8-19(14)12-20/h10-12,14H,4-9H2,1-3H3. The van der Waals surface area contributed by atoms with Crippen molar-refractivity contribution in [2.24, 2.45) is 0 Å². The van der Waals surface area contributed by atoms with E-state index in [1.54, 1.807) is 21.3 Å². The number of aryl methyl sites for hydroxylation is 1. The normalized spacial score (nSPS) is 16.4. The van der Waals surface area contributed by atoms with Gasteiger partial charge in [-0.3, -0.25) is 4.79 Å². The van der Waals surface area contributed by atoms with E-state index in [0.717, 1.165) is 18.4 Å². The number of esters is 1. The van der Waals surface area contributed by atoms with Gasteiger partial charge in [0.05, 0.1) is 27.9 Å². The SMILES string of the molecule is COc1cc(CCCOC(=O)C2CCCN2C=O)cc(OC)c1OC. The van der Waals surface area contributed by atoms with Crippen molar-refractivity contribution < 1.29 is 28.5 Å². The Kier molecular flexibility index (Phi) is 6.91. The third-order valence-corrected chi connectivity index (χ3v) is 4.28. The summed E-state index contributed by atoms with van der Waals surface area (Å²) in [6.07, 6.45) is 3.59. The second kappa shape index (κ2) is 9.15. The van der Waals surface area contributed by atoms with Gasteiger partial charge in [-0.1, -0.05) is 0 Å². The minimum atomic E-state index is -0.432. The monoisotopic (exact) mass is 351 g/mol. The summed E-state index contributed by atoms with van der Waals surface area (Å²) in [5.41, 5.74) is 1.00. The van der Waals surface area contributed by atoms with E-state index in [1.807, 2.05) is 12.1 Å². The van der Waals surface area contributed by atoms with Crippen LogP contribution in [0.2, 0.25) is 0 Å². The summed E-state index contributed by atoms with van der Waals surface area (Å²) in [5, 5.41) is 0. The molecule has 7 heteroatoms. The van der Waals surface area contributed by atoms with Crippen LogP contribution in [-0.2, 0) is 20.7 Å².